The molecule has 1 aromatic carbocycles. The number of piperidine rings is 1. The highest BCUT2D eigenvalue weighted by Crippen LogP contribution is 2.31. The second-order valence-electron chi connectivity index (χ2n) is 9.30. The van der Waals surface area contributed by atoms with Gasteiger partial charge in [-0.05, 0) is 75.7 Å². The van der Waals surface area contributed by atoms with Gasteiger partial charge in [0.15, 0.2) is 5.65 Å². The van der Waals surface area contributed by atoms with Crippen molar-refractivity contribution in [3.8, 4) is 11.1 Å². The van der Waals surface area contributed by atoms with Gasteiger partial charge in [0, 0.05) is 24.8 Å². The molecule has 1 amide bonds. The number of likely N-dealkylation sites (tertiary alicyclic amines) is 1. The number of aromatic amines is 1. The lowest BCUT2D eigenvalue weighted by atomic mass is 9.99. The summed E-state index contributed by atoms with van der Waals surface area (Å²) in [6.45, 7) is 5.76. The molecule has 1 N–H and O–H groups in total. The predicted octanol–water partition coefficient (Wildman–Crippen LogP) is 2.38. The van der Waals surface area contributed by atoms with Crippen LogP contribution in [0.4, 0.5) is 0 Å². The third kappa shape index (κ3) is 3.82. The Morgan fingerprint density at radius 3 is 2.82 bits per heavy atom. The number of rotatable bonds is 4. The molecule has 0 spiro atoms. The number of amides is 1. The summed E-state index contributed by atoms with van der Waals surface area (Å²) in [7, 11) is 3.79. The lowest BCUT2D eigenvalue weighted by molar-refractivity contribution is -0.133. The number of aryl methyl sites for hydroxylation is 2. The third-order valence-corrected chi connectivity index (χ3v) is 6.50. The first kappa shape index (κ1) is 21.4. The molecule has 33 heavy (non-hydrogen) atoms. The monoisotopic (exact) mass is 447 g/mol. The molecule has 4 heterocycles. The molecule has 0 aliphatic carbocycles. The van der Waals surface area contributed by atoms with Crippen LogP contribution in [0, 0.1) is 13.8 Å². The number of H-pyrrole nitrogens is 1. The number of pyridine rings is 1. The van der Waals surface area contributed by atoms with Crippen molar-refractivity contribution >= 4 is 22.6 Å². The van der Waals surface area contributed by atoms with E-state index in [1.54, 1.807) is 10.8 Å². The van der Waals surface area contributed by atoms with Crippen LogP contribution < -0.4 is 5.69 Å². The number of hydrogen-bond donors (Lipinski definition) is 1. The van der Waals surface area contributed by atoms with Crippen molar-refractivity contribution in [3.63, 3.8) is 0 Å². The molecule has 1 fully saturated rings. The Morgan fingerprint density at radius 2 is 2.03 bits per heavy atom. The number of carbonyl (C=O) groups excluding carboxylic acids is 1. The van der Waals surface area contributed by atoms with Gasteiger partial charge in [0.25, 0.3) is 0 Å². The number of nitrogens with one attached hydrogen (secondary N) is 1. The van der Waals surface area contributed by atoms with Crippen LogP contribution in [0.3, 0.4) is 0 Å². The van der Waals surface area contributed by atoms with Crippen molar-refractivity contribution in [1.82, 2.24) is 33.9 Å². The fraction of sp³-hybridized carbons (Fsp3) is 0.417. The van der Waals surface area contributed by atoms with Gasteiger partial charge in [0.05, 0.1) is 23.6 Å². The first-order valence-corrected chi connectivity index (χ1v) is 11.3. The standard InChI is InChI=1S/C24H29N7O2/c1-15-9-21-20(10-19(15)17-8-16(2)23-25-14-26-30(23)11-17)27-24(33)31(21)18-6-5-7-29(12-18)22(32)13-28(3)4/h8-11,14,18H,5-7,12-13H2,1-4H3,(H,27,33)/t18-/m0/s1. The zero-order valence-corrected chi connectivity index (χ0v) is 19.5. The minimum Gasteiger partial charge on any atom is -0.340 e. The van der Waals surface area contributed by atoms with E-state index >= 15 is 0 Å². The average molecular weight is 448 g/mol. The number of aromatic nitrogens is 5. The molecule has 0 unspecified atom stereocenters. The molecule has 0 saturated carbocycles. The molecule has 1 saturated heterocycles. The van der Waals surface area contributed by atoms with Gasteiger partial charge in [-0.3, -0.25) is 9.36 Å². The van der Waals surface area contributed by atoms with Crippen molar-refractivity contribution in [3.05, 3.63) is 52.3 Å². The summed E-state index contributed by atoms with van der Waals surface area (Å²) in [6, 6.07) is 6.18. The van der Waals surface area contributed by atoms with Gasteiger partial charge in [-0.1, -0.05) is 0 Å². The number of fused-ring (bicyclic) bond motifs is 2. The summed E-state index contributed by atoms with van der Waals surface area (Å²) in [4.78, 5) is 36.7. The normalized spacial score (nSPS) is 16.9. The highest BCUT2D eigenvalue weighted by molar-refractivity contribution is 5.85. The number of likely N-dealkylation sites (N-methyl/N-ethyl adjacent to an activating group) is 1. The van der Waals surface area contributed by atoms with E-state index in [1.165, 1.54) is 0 Å². The van der Waals surface area contributed by atoms with Crippen LogP contribution in [-0.2, 0) is 4.79 Å². The highest BCUT2D eigenvalue weighted by atomic mass is 16.2. The molecule has 0 radical (unpaired) electrons. The maximum Gasteiger partial charge on any atom is 0.326 e. The van der Waals surface area contributed by atoms with Crippen molar-refractivity contribution in [2.24, 2.45) is 0 Å². The third-order valence-electron chi connectivity index (χ3n) is 6.50. The van der Waals surface area contributed by atoms with Crippen LogP contribution in [0.15, 0.2) is 35.5 Å². The number of benzene rings is 1. The van der Waals surface area contributed by atoms with E-state index in [2.05, 4.69) is 34.1 Å². The molecule has 1 aliphatic heterocycles. The minimum absolute atomic E-state index is 0.0369. The van der Waals surface area contributed by atoms with Crippen LogP contribution in [0.1, 0.15) is 30.0 Å². The van der Waals surface area contributed by atoms with Crippen LogP contribution in [0.2, 0.25) is 0 Å². The topological polar surface area (TPSA) is 91.5 Å². The zero-order valence-electron chi connectivity index (χ0n) is 19.5. The van der Waals surface area contributed by atoms with Gasteiger partial charge in [-0.2, -0.15) is 5.10 Å². The average Bonchev–Trinajstić information content (AvgIpc) is 3.36. The van der Waals surface area contributed by atoms with Gasteiger partial charge in [0.2, 0.25) is 5.91 Å². The Balaban J connectivity index is 1.53. The van der Waals surface area contributed by atoms with E-state index in [0.717, 1.165) is 58.3 Å². The summed E-state index contributed by atoms with van der Waals surface area (Å²) in [6.07, 6.45) is 5.28. The van der Waals surface area contributed by atoms with Crippen LogP contribution in [0.25, 0.3) is 27.8 Å². The maximum absolute atomic E-state index is 13.0. The largest absolute Gasteiger partial charge is 0.340 e. The van der Waals surface area contributed by atoms with Crippen LogP contribution in [-0.4, -0.2) is 73.6 Å². The Hall–Kier alpha value is -3.46. The summed E-state index contributed by atoms with van der Waals surface area (Å²) in [5, 5.41) is 4.28. The maximum atomic E-state index is 13.0. The molecule has 9 nitrogen and oxygen atoms in total. The Labute approximate surface area is 191 Å². The SMILES string of the molecule is Cc1cc2c(cc1-c1cc(C)c3ncnn3c1)[nH]c(=O)n2[C@H]1CCCN(C(=O)CN(C)C)C1. The molecule has 5 rings (SSSR count). The summed E-state index contributed by atoms with van der Waals surface area (Å²) >= 11 is 0. The lowest BCUT2D eigenvalue weighted by Crippen LogP contribution is -2.45. The minimum atomic E-state index is -0.128. The second kappa shape index (κ2) is 8.15. The number of imidazole rings is 1. The van der Waals surface area contributed by atoms with Gasteiger partial charge >= 0.3 is 5.69 Å². The zero-order chi connectivity index (χ0) is 23.3. The second-order valence-corrected chi connectivity index (χ2v) is 9.30. The van der Waals surface area contributed by atoms with E-state index in [1.807, 2.05) is 47.6 Å². The van der Waals surface area contributed by atoms with Gasteiger partial charge in [0.1, 0.15) is 6.33 Å². The predicted molar refractivity (Wildman–Crippen MR) is 127 cm³/mol. The Bertz CT molecular complexity index is 1410. The summed E-state index contributed by atoms with van der Waals surface area (Å²) < 4.78 is 3.62. The quantitative estimate of drug-likeness (QED) is 0.519. The van der Waals surface area contributed by atoms with Crippen molar-refractivity contribution in [2.75, 3.05) is 33.7 Å². The highest BCUT2D eigenvalue weighted by Gasteiger charge is 2.27. The molecule has 0 bridgehead atoms. The number of carbonyl (C=O) groups is 1. The number of hydrogen-bond acceptors (Lipinski definition) is 5. The van der Waals surface area contributed by atoms with E-state index in [4.69, 9.17) is 0 Å². The molecule has 172 valence electrons. The van der Waals surface area contributed by atoms with Crippen molar-refractivity contribution in [1.29, 1.82) is 0 Å². The van der Waals surface area contributed by atoms with Crippen molar-refractivity contribution in [2.45, 2.75) is 32.7 Å². The molecule has 3 aromatic heterocycles. The van der Waals surface area contributed by atoms with E-state index < -0.39 is 0 Å². The fourth-order valence-electron chi connectivity index (χ4n) is 4.95. The van der Waals surface area contributed by atoms with E-state index in [9.17, 15) is 9.59 Å². The Kier molecular flexibility index (Phi) is 5.28. The lowest BCUT2D eigenvalue weighted by Gasteiger charge is -2.34. The molecule has 1 aliphatic rings. The molecular weight excluding hydrogens is 418 g/mol. The first-order valence-electron chi connectivity index (χ1n) is 11.3. The van der Waals surface area contributed by atoms with Gasteiger partial charge in [-0.15, -0.1) is 0 Å². The molecule has 4 aromatic rings. The Morgan fingerprint density at radius 1 is 1.21 bits per heavy atom. The van der Waals surface area contributed by atoms with E-state index in [-0.39, 0.29) is 17.6 Å². The molecule has 9 heteroatoms. The van der Waals surface area contributed by atoms with Gasteiger partial charge in [-0.25, -0.2) is 14.3 Å². The number of nitrogens with zero attached hydrogens (tertiary/aromatic N) is 6. The van der Waals surface area contributed by atoms with Crippen LogP contribution >= 0.6 is 0 Å². The first-order chi connectivity index (χ1) is 15.8. The fourth-order valence-corrected chi connectivity index (χ4v) is 4.95. The van der Waals surface area contributed by atoms with Crippen LogP contribution in [0.5, 0.6) is 0 Å². The smallest absolute Gasteiger partial charge is 0.326 e. The molecule has 1 atom stereocenters. The summed E-state index contributed by atoms with van der Waals surface area (Å²) in [5.74, 6) is 0.106. The van der Waals surface area contributed by atoms with Crippen molar-refractivity contribution < 1.29 is 4.79 Å². The van der Waals surface area contributed by atoms with Gasteiger partial charge < -0.3 is 14.8 Å². The molecular formula is C24H29N7O2. The van der Waals surface area contributed by atoms with E-state index in [0.29, 0.717) is 13.1 Å². The summed E-state index contributed by atoms with van der Waals surface area (Å²) in [5.41, 5.74) is 6.57.